The van der Waals surface area contributed by atoms with Crippen LogP contribution in [0.4, 0.5) is 4.79 Å². The van der Waals surface area contributed by atoms with Crippen LogP contribution in [0.25, 0.3) is 0 Å². The van der Waals surface area contributed by atoms with Gasteiger partial charge in [0.25, 0.3) is 0 Å². The van der Waals surface area contributed by atoms with Crippen LogP contribution >= 0.6 is 0 Å². The molecule has 1 unspecified atom stereocenters. The van der Waals surface area contributed by atoms with Crippen LogP contribution in [0.1, 0.15) is 51.8 Å². The molecule has 0 saturated carbocycles. The van der Waals surface area contributed by atoms with Crippen LogP contribution in [0.3, 0.4) is 0 Å². The summed E-state index contributed by atoms with van der Waals surface area (Å²) in [5, 5.41) is 9.25. The molecule has 1 amide bonds. The molecule has 1 fully saturated rings. The van der Waals surface area contributed by atoms with Gasteiger partial charge in [0.15, 0.2) is 0 Å². The molecule has 5 nitrogen and oxygen atoms in total. The predicted octanol–water partition coefficient (Wildman–Crippen LogP) is 2.54. The van der Waals surface area contributed by atoms with E-state index in [2.05, 4.69) is 0 Å². The SMILES string of the molecule is CC1c2ccc(B3OC(C)(C)C(C)(C)O3)cc2CN1C(=O)O. The number of hydrogen-bond donors (Lipinski definition) is 1. The normalized spacial score (nSPS) is 25.4. The van der Waals surface area contributed by atoms with Gasteiger partial charge in [0.1, 0.15) is 0 Å². The Balaban J connectivity index is 1.88. The summed E-state index contributed by atoms with van der Waals surface area (Å²) in [6.07, 6.45) is -0.888. The zero-order valence-electron chi connectivity index (χ0n) is 13.7. The molecular formula is C16H22BNO4. The zero-order valence-corrected chi connectivity index (χ0v) is 13.7. The van der Waals surface area contributed by atoms with Crippen molar-refractivity contribution in [2.24, 2.45) is 0 Å². The first kappa shape index (κ1) is 15.4. The highest BCUT2D eigenvalue weighted by molar-refractivity contribution is 6.62. The monoisotopic (exact) mass is 303 g/mol. The van der Waals surface area contributed by atoms with Gasteiger partial charge in [-0.1, -0.05) is 18.2 Å². The fourth-order valence-corrected chi connectivity index (χ4v) is 3.02. The first-order valence-corrected chi connectivity index (χ1v) is 7.60. The number of carbonyl (C=O) groups is 1. The van der Waals surface area contributed by atoms with E-state index < -0.39 is 13.2 Å². The van der Waals surface area contributed by atoms with E-state index in [0.717, 1.165) is 16.6 Å². The highest BCUT2D eigenvalue weighted by Crippen LogP contribution is 2.37. The third kappa shape index (κ3) is 2.21. The van der Waals surface area contributed by atoms with Crippen LogP contribution in [0.2, 0.25) is 0 Å². The van der Waals surface area contributed by atoms with E-state index in [0.29, 0.717) is 6.54 Å². The van der Waals surface area contributed by atoms with Crippen molar-refractivity contribution in [3.05, 3.63) is 29.3 Å². The van der Waals surface area contributed by atoms with Gasteiger partial charge < -0.3 is 14.4 Å². The number of amides is 1. The Labute approximate surface area is 131 Å². The molecule has 3 rings (SSSR count). The maximum atomic E-state index is 11.3. The summed E-state index contributed by atoms with van der Waals surface area (Å²) < 4.78 is 12.1. The maximum Gasteiger partial charge on any atom is 0.494 e. The van der Waals surface area contributed by atoms with Crippen molar-refractivity contribution >= 4 is 18.7 Å². The Morgan fingerprint density at radius 2 is 1.86 bits per heavy atom. The molecule has 0 aliphatic carbocycles. The van der Waals surface area contributed by atoms with E-state index in [4.69, 9.17) is 9.31 Å². The third-order valence-electron chi connectivity index (χ3n) is 5.20. The minimum Gasteiger partial charge on any atom is -0.465 e. The topological polar surface area (TPSA) is 59.0 Å². The molecule has 0 bridgehead atoms. The van der Waals surface area contributed by atoms with Crippen LogP contribution < -0.4 is 5.46 Å². The first-order valence-electron chi connectivity index (χ1n) is 7.60. The van der Waals surface area contributed by atoms with Crippen molar-refractivity contribution < 1.29 is 19.2 Å². The van der Waals surface area contributed by atoms with Gasteiger partial charge in [-0.3, -0.25) is 4.90 Å². The summed E-state index contributed by atoms with van der Waals surface area (Å²) in [7, 11) is -0.413. The summed E-state index contributed by atoms with van der Waals surface area (Å²) in [5.41, 5.74) is 2.27. The van der Waals surface area contributed by atoms with E-state index in [9.17, 15) is 9.90 Å². The highest BCUT2D eigenvalue weighted by Gasteiger charge is 2.51. The maximum absolute atomic E-state index is 11.3. The quantitative estimate of drug-likeness (QED) is 0.810. The van der Waals surface area contributed by atoms with E-state index in [-0.39, 0.29) is 17.2 Å². The average Bonchev–Trinajstić information content (AvgIpc) is 2.84. The fourth-order valence-electron chi connectivity index (χ4n) is 3.02. The van der Waals surface area contributed by atoms with Gasteiger partial charge in [0, 0.05) is 6.54 Å². The van der Waals surface area contributed by atoms with Gasteiger partial charge in [-0.15, -0.1) is 0 Å². The third-order valence-corrected chi connectivity index (χ3v) is 5.20. The minimum absolute atomic E-state index is 0.111. The van der Waals surface area contributed by atoms with Gasteiger partial charge >= 0.3 is 13.2 Å². The number of carboxylic acid groups (broad SMARTS) is 1. The van der Waals surface area contributed by atoms with Crippen LogP contribution in [-0.2, 0) is 15.9 Å². The molecule has 0 aromatic heterocycles. The van der Waals surface area contributed by atoms with E-state index in [1.165, 1.54) is 4.90 Å². The van der Waals surface area contributed by atoms with E-state index in [1.807, 2.05) is 52.8 Å². The summed E-state index contributed by atoms with van der Waals surface area (Å²) in [4.78, 5) is 12.7. The van der Waals surface area contributed by atoms with Crippen molar-refractivity contribution in [3.8, 4) is 0 Å². The molecule has 1 aromatic carbocycles. The Bertz CT molecular complexity index is 613. The lowest BCUT2D eigenvalue weighted by Crippen LogP contribution is -2.41. The van der Waals surface area contributed by atoms with Crippen molar-refractivity contribution in [2.75, 3.05) is 0 Å². The molecule has 1 N–H and O–H groups in total. The van der Waals surface area contributed by atoms with Crippen LogP contribution in [-0.4, -0.2) is 34.4 Å². The molecular weight excluding hydrogens is 281 g/mol. The second kappa shape index (κ2) is 4.73. The van der Waals surface area contributed by atoms with Gasteiger partial charge in [0.2, 0.25) is 0 Å². The van der Waals surface area contributed by atoms with Crippen molar-refractivity contribution in [3.63, 3.8) is 0 Å². The number of nitrogens with zero attached hydrogens (tertiary/aromatic N) is 1. The molecule has 118 valence electrons. The molecule has 22 heavy (non-hydrogen) atoms. The molecule has 0 spiro atoms. The molecule has 0 radical (unpaired) electrons. The number of hydrogen-bond acceptors (Lipinski definition) is 3. The number of rotatable bonds is 1. The van der Waals surface area contributed by atoms with Gasteiger partial charge in [-0.05, 0) is 51.2 Å². The summed E-state index contributed by atoms with van der Waals surface area (Å²) in [6.45, 7) is 10.4. The van der Waals surface area contributed by atoms with Gasteiger partial charge in [0.05, 0.1) is 17.2 Å². The van der Waals surface area contributed by atoms with Crippen LogP contribution in [0.5, 0.6) is 0 Å². The summed E-state index contributed by atoms with van der Waals surface area (Å²) in [6, 6.07) is 5.86. The first-order chi connectivity index (χ1) is 10.1. The van der Waals surface area contributed by atoms with E-state index in [1.54, 1.807) is 0 Å². The molecule has 1 atom stereocenters. The second-order valence-corrected chi connectivity index (χ2v) is 7.13. The minimum atomic E-state index is -0.888. The Morgan fingerprint density at radius 3 is 2.41 bits per heavy atom. The standard InChI is InChI=1S/C16H22BNO4/c1-10-13-7-6-12(8-11(13)9-18(10)14(19)20)17-21-15(2,3)16(4,5)22-17/h6-8,10H,9H2,1-5H3,(H,19,20). The Kier molecular flexibility index (Phi) is 3.31. The lowest BCUT2D eigenvalue weighted by atomic mass is 9.77. The molecule has 2 heterocycles. The molecule has 6 heteroatoms. The summed E-state index contributed by atoms with van der Waals surface area (Å²) >= 11 is 0. The smallest absolute Gasteiger partial charge is 0.465 e. The van der Waals surface area contributed by atoms with Gasteiger partial charge in [-0.2, -0.15) is 0 Å². The van der Waals surface area contributed by atoms with Crippen LogP contribution in [0, 0.1) is 0 Å². The number of fused-ring (bicyclic) bond motifs is 1. The second-order valence-electron chi connectivity index (χ2n) is 7.13. The molecule has 2 aliphatic heterocycles. The lowest BCUT2D eigenvalue weighted by Gasteiger charge is -2.32. The highest BCUT2D eigenvalue weighted by atomic mass is 16.7. The molecule has 1 saturated heterocycles. The van der Waals surface area contributed by atoms with E-state index >= 15 is 0 Å². The Hall–Kier alpha value is -1.53. The lowest BCUT2D eigenvalue weighted by molar-refractivity contribution is 0.00578. The predicted molar refractivity (Wildman–Crippen MR) is 84.1 cm³/mol. The summed E-state index contributed by atoms with van der Waals surface area (Å²) in [5.74, 6) is 0. The van der Waals surface area contributed by atoms with Crippen LogP contribution in [0.15, 0.2) is 18.2 Å². The largest absolute Gasteiger partial charge is 0.494 e. The number of benzene rings is 1. The average molecular weight is 303 g/mol. The van der Waals surface area contributed by atoms with Gasteiger partial charge in [-0.25, -0.2) is 4.79 Å². The molecule has 2 aliphatic rings. The zero-order chi connectivity index (χ0) is 16.3. The molecule has 1 aromatic rings. The fraction of sp³-hybridized carbons (Fsp3) is 0.562. The Morgan fingerprint density at radius 1 is 1.27 bits per heavy atom. The van der Waals surface area contributed by atoms with Crippen molar-refractivity contribution in [1.29, 1.82) is 0 Å². The van der Waals surface area contributed by atoms with Crippen molar-refractivity contribution in [2.45, 2.75) is 58.4 Å². The van der Waals surface area contributed by atoms with Crippen molar-refractivity contribution in [1.82, 2.24) is 4.90 Å².